The first kappa shape index (κ1) is 40.3. The van der Waals surface area contributed by atoms with Crippen LogP contribution in [0.25, 0.3) is 33.4 Å². The van der Waals surface area contributed by atoms with Crippen LogP contribution in [0.3, 0.4) is 0 Å². The van der Waals surface area contributed by atoms with E-state index in [1.54, 1.807) is 0 Å². The van der Waals surface area contributed by atoms with E-state index in [1.807, 2.05) is 0 Å². The van der Waals surface area contributed by atoms with Crippen LogP contribution in [-0.2, 0) is 37.9 Å². The van der Waals surface area contributed by atoms with E-state index in [0.717, 1.165) is 0 Å². The Labute approximate surface area is 377 Å². The number of benzene rings is 7. The molecule has 0 fully saturated rings. The van der Waals surface area contributed by atoms with Crippen molar-refractivity contribution in [2.45, 2.75) is 135 Å². The van der Waals surface area contributed by atoms with Gasteiger partial charge < -0.3 is 0 Å². The molecule has 0 N–H and O–H groups in total. The summed E-state index contributed by atoms with van der Waals surface area (Å²) in [6.45, 7) is 33.4. The lowest BCUT2D eigenvalue weighted by molar-refractivity contribution is 0.575. The van der Waals surface area contributed by atoms with E-state index < -0.39 is 10.8 Å². The second-order valence-corrected chi connectivity index (χ2v) is 24.2. The molecule has 0 amide bonds. The first-order chi connectivity index (χ1) is 29.5. The lowest BCUT2D eigenvalue weighted by Gasteiger charge is -2.50. The Balaban J connectivity index is 1.41. The second-order valence-electron chi connectivity index (χ2n) is 24.2. The Bertz CT molecular complexity index is 2980. The van der Waals surface area contributed by atoms with Gasteiger partial charge in [-0.15, -0.1) is 0 Å². The highest BCUT2D eigenvalue weighted by Crippen LogP contribution is 2.69. The predicted molar refractivity (Wildman–Crippen MR) is 267 cm³/mol. The normalized spacial score (nSPS) is 16.8. The molecule has 0 unspecified atom stereocenters. The summed E-state index contributed by atoms with van der Waals surface area (Å²) in [5.74, 6) is 0. The van der Waals surface area contributed by atoms with Crippen LogP contribution in [-0.4, -0.2) is 0 Å². The van der Waals surface area contributed by atoms with Gasteiger partial charge >= 0.3 is 0 Å². The summed E-state index contributed by atoms with van der Waals surface area (Å²) < 4.78 is 0. The minimum Gasteiger partial charge on any atom is -0.0619 e. The molecule has 0 radical (unpaired) electrons. The molecule has 4 aliphatic rings. The van der Waals surface area contributed by atoms with Gasteiger partial charge in [-0.25, -0.2) is 0 Å². The number of fused-ring (bicyclic) bond motifs is 19. The fourth-order valence-electron chi connectivity index (χ4n) is 12.5. The molecule has 0 bridgehead atoms. The van der Waals surface area contributed by atoms with Crippen LogP contribution < -0.4 is 0 Å². The topological polar surface area (TPSA) is 0 Å². The molecule has 11 rings (SSSR count). The van der Waals surface area contributed by atoms with Gasteiger partial charge in [0.05, 0.1) is 10.8 Å². The lowest BCUT2D eigenvalue weighted by atomic mass is 9.51. The predicted octanol–water partition coefficient (Wildman–Crippen LogP) is 16.2. The highest BCUT2D eigenvalue weighted by molar-refractivity contribution is 5.96. The molecule has 0 aromatic heterocycles. The third-order valence-electron chi connectivity index (χ3n) is 16.0. The summed E-state index contributed by atoms with van der Waals surface area (Å²) in [4.78, 5) is 0. The van der Waals surface area contributed by atoms with E-state index in [-0.39, 0.29) is 27.1 Å². The molecule has 4 aliphatic carbocycles. The Morgan fingerprint density at radius 1 is 0.254 bits per heavy atom. The van der Waals surface area contributed by atoms with Crippen molar-refractivity contribution in [3.05, 3.63) is 211 Å². The van der Waals surface area contributed by atoms with Crippen molar-refractivity contribution in [2.75, 3.05) is 0 Å². The fraction of sp³-hybridized carbons (Fsp3) is 0.333. The molecular formula is C63H64. The van der Waals surface area contributed by atoms with E-state index in [0.29, 0.717) is 0 Å². The molecule has 2 spiro atoms. The minimum atomic E-state index is -0.576. The summed E-state index contributed by atoms with van der Waals surface area (Å²) in [7, 11) is 0. The van der Waals surface area contributed by atoms with Crippen molar-refractivity contribution in [2.24, 2.45) is 0 Å². The van der Waals surface area contributed by atoms with Gasteiger partial charge in [-0.3, -0.25) is 0 Å². The average molecular weight is 821 g/mol. The minimum absolute atomic E-state index is 0.0303. The molecule has 316 valence electrons. The van der Waals surface area contributed by atoms with Gasteiger partial charge in [-0.1, -0.05) is 224 Å². The summed E-state index contributed by atoms with van der Waals surface area (Å²) in [6.07, 6.45) is 0. The van der Waals surface area contributed by atoms with Crippen molar-refractivity contribution in [3.8, 4) is 33.4 Å². The van der Waals surface area contributed by atoms with Crippen molar-refractivity contribution in [1.29, 1.82) is 0 Å². The van der Waals surface area contributed by atoms with Gasteiger partial charge in [0.15, 0.2) is 0 Å². The zero-order valence-electron chi connectivity index (χ0n) is 40.2. The molecule has 0 saturated heterocycles. The van der Waals surface area contributed by atoms with Gasteiger partial charge in [0.25, 0.3) is 0 Å². The molecule has 63 heavy (non-hydrogen) atoms. The third kappa shape index (κ3) is 5.16. The standard InChI is InChI=1S/C63H64/c1-57(2,3)37-23-27-42-43-28-24-38(58(4,5)6)32-52(43)62(51(42)31-37)48-21-17-18-22-49(48)63(56-36-50-46(35-55(56)62)41-19-15-16-20-47(41)61(50,13)14)53-33-39(59(7,8)9)25-29-44(53)45-30-26-40(34-54(45)63)60(10,11)12/h15-36H,1-14H3. The lowest BCUT2D eigenvalue weighted by Crippen LogP contribution is -2.44. The van der Waals surface area contributed by atoms with Crippen LogP contribution in [0.5, 0.6) is 0 Å². The zero-order valence-corrected chi connectivity index (χ0v) is 40.2. The molecule has 0 nitrogen and oxygen atoms in total. The molecule has 0 saturated carbocycles. The van der Waals surface area contributed by atoms with Crippen LogP contribution >= 0.6 is 0 Å². The van der Waals surface area contributed by atoms with E-state index in [2.05, 4.69) is 230 Å². The van der Waals surface area contributed by atoms with Gasteiger partial charge in [-0.2, -0.15) is 0 Å². The number of hydrogen-bond acceptors (Lipinski definition) is 0. The van der Waals surface area contributed by atoms with E-state index in [4.69, 9.17) is 0 Å². The summed E-state index contributed by atoms with van der Waals surface area (Å²) in [5, 5.41) is 0. The highest BCUT2D eigenvalue weighted by Gasteiger charge is 2.60. The Morgan fingerprint density at radius 2 is 0.556 bits per heavy atom. The Morgan fingerprint density at radius 3 is 0.905 bits per heavy atom. The number of hydrogen-bond donors (Lipinski definition) is 0. The van der Waals surface area contributed by atoms with Crippen molar-refractivity contribution in [3.63, 3.8) is 0 Å². The van der Waals surface area contributed by atoms with Crippen LogP contribution in [0.2, 0.25) is 0 Å². The van der Waals surface area contributed by atoms with Crippen molar-refractivity contribution < 1.29 is 0 Å². The summed E-state index contributed by atoms with van der Waals surface area (Å²) in [5.41, 5.74) is 26.4. The largest absolute Gasteiger partial charge is 0.0720 e. The SMILES string of the molecule is CC(C)(C)c1ccc2c(c1)C1(c3cc(C(C)(C)C)ccc3-2)c2ccccc2C2(c3cc(C(C)(C)C)ccc3-c3ccc(C(C)(C)C)cc32)c2cc3c(cc21)-c1ccccc1C3(C)C. The molecule has 0 aliphatic heterocycles. The van der Waals surface area contributed by atoms with Crippen LogP contribution in [0.1, 0.15) is 175 Å². The van der Waals surface area contributed by atoms with E-state index in [9.17, 15) is 0 Å². The molecule has 0 heterocycles. The summed E-state index contributed by atoms with van der Waals surface area (Å²) in [6, 6.07) is 54.3. The first-order valence-corrected chi connectivity index (χ1v) is 23.5. The molecule has 0 heteroatoms. The summed E-state index contributed by atoms with van der Waals surface area (Å²) >= 11 is 0. The second kappa shape index (κ2) is 12.4. The van der Waals surface area contributed by atoms with Gasteiger partial charge in [-0.05, 0) is 139 Å². The average Bonchev–Trinajstić information content (AvgIpc) is 3.76. The molecular weight excluding hydrogens is 757 g/mol. The molecule has 7 aromatic carbocycles. The maximum atomic E-state index is 2.73. The number of rotatable bonds is 0. The molecule has 7 aromatic rings. The van der Waals surface area contributed by atoms with Gasteiger partial charge in [0.2, 0.25) is 0 Å². The van der Waals surface area contributed by atoms with Gasteiger partial charge in [0.1, 0.15) is 0 Å². The van der Waals surface area contributed by atoms with Crippen molar-refractivity contribution in [1.82, 2.24) is 0 Å². The Hall–Kier alpha value is -5.46. The van der Waals surface area contributed by atoms with Crippen LogP contribution in [0, 0.1) is 0 Å². The monoisotopic (exact) mass is 821 g/mol. The first-order valence-electron chi connectivity index (χ1n) is 23.5. The third-order valence-corrected chi connectivity index (χ3v) is 16.0. The van der Waals surface area contributed by atoms with Gasteiger partial charge in [0, 0.05) is 5.41 Å². The fourth-order valence-corrected chi connectivity index (χ4v) is 12.5. The van der Waals surface area contributed by atoms with Crippen LogP contribution in [0.4, 0.5) is 0 Å². The van der Waals surface area contributed by atoms with Crippen LogP contribution in [0.15, 0.2) is 133 Å². The quantitative estimate of drug-likeness (QED) is 0.143. The maximum Gasteiger partial charge on any atom is 0.0720 e. The smallest absolute Gasteiger partial charge is 0.0619 e. The van der Waals surface area contributed by atoms with E-state index >= 15 is 0 Å². The van der Waals surface area contributed by atoms with E-state index in [1.165, 1.54) is 111 Å². The molecule has 0 atom stereocenters. The maximum absolute atomic E-state index is 2.73. The Kier molecular flexibility index (Phi) is 7.94. The van der Waals surface area contributed by atoms with Crippen molar-refractivity contribution >= 4 is 0 Å². The zero-order chi connectivity index (χ0) is 44.6. The highest BCUT2D eigenvalue weighted by atomic mass is 14.6.